The first-order valence-corrected chi connectivity index (χ1v) is 5.41. The highest BCUT2D eigenvalue weighted by Crippen LogP contribution is 2.42. The van der Waals surface area contributed by atoms with Crippen molar-refractivity contribution in [3.63, 3.8) is 0 Å². The molecule has 1 aliphatic carbocycles. The summed E-state index contributed by atoms with van der Waals surface area (Å²) in [6, 6.07) is 8.20. The minimum atomic E-state index is 0.991. The lowest BCUT2D eigenvalue weighted by molar-refractivity contribution is 1.12. The fourth-order valence-electron chi connectivity index (χ4n) is 2.21. The van der Waals surface area contributed by atoms with Gasteiger partial charge in [0, 0.05) is 18.0 Å². The predicted octanol–water partition coefficient (Wildman–Crippen LogP) is 3.53. The molecule has 0 spiro atoms. The molecule has 0 amide bonds. The molecule has 0 N–H and O–H groups in total. The molecule has 0 bridgehead atoms. The molecule has 1 aromatic carbocycles. The molecular formula is C13H9N3. The van der Waals surface area contributed by atoms with Crippen LogP contribution >= 0.6 is 0 Å². The maximum absolute atomic E-state index is 4.36. The van der Waals surface area contributed by atoms with Gasteiger partial charge in [-0.3, -0.25) is 4.98 Å². The number of rotatable bonds is 0. The van der Waals surface area contributed by atoms with Crippen molar-refractivity contribution in [2.24, 2.45) is 10.2 Å². The Bertz CT molecular complexity index is 668. The van der Waals surface area contributed by atoms with Gasteiger partial charge in [0.1, 0.15) is 0 Å². The zero-order valence-electron chi connectivity index (χ0n) is 8.64. The summed E-state index contributed by atoms with van der Waals surface area (Å²) in [6.07, 6.45) is 3.86. The van der Waals surface area contributed by atoms with Crippen LogP contribution in [-0.2, 0) is 6.42 Å². The highest BCUT2D eigenvalue weighted by Gasteiger charge is 2.25. The third kappa shape index (κ3) is 1.05. The molecule has 3 nitrogen and oxygen atoms in total. The second-order valence-corrected chi connectivity index (χ2v) is 4.25. The summed E-state index contributed by atoms with van der Waals surface area (Å²) in [5.74, 6) is 0. The van der Waals surface area contributed by atoms with Gasteiger partial charge in [-0.05, 0) is 35.8 Å². The Hall–Kier alpha value is -2.03. The molecule has 0 fully saturated rings. The standard InChI is InChI=1S/C13H9N3/c1-2-10-11(14-5-1)4-3-8-6-9-7-12(9)15-16-13(8)10/h1-5H,6-7H2. The van der Waals surface area contributed by atoms with Crippen LogP contribution in [0.2, 0.25) is 0 Å². The van der Waals surface area contributed by atoms with Crippen LogP contribution in [-0.4, -0.2) is 4.98 Å². The van der Waals surface area contributed by atoms with Crippen molar-refractivity contribution in [1.29, 1.82) is 0 Å². The summed E-state index contributed by atoms with van der Waals surface area (Å²) in [7, 11) is 0. The fraction of sp³-hybridized carbons (Fsp3) is 0.154. The van der Waals surface area contributed by atoms with Crippen molar-refractivity contribution in [1.82, 2.24) is 4.98 Å². The highest BCUT2D eigenvalue weighted by molar-refractivity contribution is 5.91. The van der Waals surface area contributed by atoms with Gasteiger partial charge in [0.25, 0.3) is 0 Å². The number of benzene rings is 1. The average molecular weight is 207 g/mol. The van der Waals surface area contributed by atoms with Gasteiger partial charge in [0.05, 0.1) is 16.9 Å². The first kappa shape index (κ1) is 8.16. The van der Waals surface area contributed by atoms with E-state index in [2.05, 4.69) is 33.4 Å². The van der Waals surface area contributed by atoms with E-state index in [0.717, 1.165) is 29.4 Å². The van der Waals surface area contributed by atoms with Crippen LogP contribution in [0.5, 0.6) is 0 Å². The molecule has 76 valence electrons. The van der Waals surface area contributed by atoms with E-state index in [9.17, 15) is 0 Å². The quantitative estimate of drug-likeness (QED) is 0.651. The van der Waals surface area contributed by atoms with Crippen molar-refractivity contribution < 1.29 is 0 Å². The van der Waals surface area contributed by atoms with Gasteiger partial charge in [0.15, 0.2) is 0 Å². The van der Waals surface area contributed by atoms with Gasteiger partial charge in [-0.2, -0.15) is 5.11 Å². The van der Waals surface area contributed by atoms with Gasteiger partial charge >= 0.3 is 0 Å². The van der Waals surface area contributed by atoms with Crippen molar-refractivity contribution in [2.75, 3.05) is 0 Å². The van der Waals surface area contributed by atoms with Gasteiger partial charge in [0.2, 0.25) is 0 Å². The number of pyridine rings is 1. The van der Waals surface area contributed by atoms with Crippen LogP contribution < -0.4 is 0 Å². The smallest absolute Gasteiger partial charge is 0.0986 e. The number of nitrogens with zero attached hydrogens (tertiary/aromatic N) is 3. The summed E-state index contributed by atoms with van der Waals surface area (Å²) >= 11 is 0. The fourth-order valence-corrected chi connectivity index (χ4v) is 2.21. The third-order valence-electron chi connectivity index (χ3n) is 3.18. The molecule has 0 atom stereocenters. The second-order valence-electron chi connectivity index (χ2n) is 4.25. The van der Waals surface area contributed by atoms with E-state index < -0.39 is 0 Å². The molecule has 2 aromatic rings. The van der Waals surface area contributed by atoms with E-state index >= 15 is 0 Å². The highest BCUT2D eigenvalue weighted by atomic mass is 15.1. The normalized spacial score (nSPS) is 17.0. The zero-order valence-corrected chi connectivity index (χ0v) is 8.64. The third-order valence-corrected chi connectivity index (χ3v) is 3.18. The minimum absolute atomic E-state index is 0.991. The molecule has 1 aromatic heterocycles. The first-order chi connectivity index (χ1) is 7.92. The summed E-state index contributed by atoms with van der Waals surface area (Å²) < 4.78 is 0. The van der Waals surface area contributed by atoms with Crippen molar-refractivity contribution in [3.8, 4) is 0 Å². The van der Waals surface area contributed by atoms with E-state index in [1.54, 1.807) is 0 Å². The minimum Gasteiger partial charge on any atom is -0.256 e. The van der Waals surface area contributed by atoms with Crippen LogP contribution in [0.15, 0.2) is 52.0 Å². The SMILES string of the molecule is c1cnc2ccc3c(c2c1)N=NC1=C(C1)C3. The molecule has 16 heavy (non-hydrogen) atoms. The molecule has 0 saturated heterocycles. The van der Waals surface area contributed by atoms with Crippen LogP contribution in [0.3, 0.4) is 0 Å². The lowest BCUT2D eigenvalue weighted by Crippen LogP contribution is -1.86. The second kappa shape index (κ2) is 2.76. The first-order valence-electron chi connectivity index (χ1n) is 5.41. The number of allylic oxidation sites excluding steroid dienone is 2. The van der Waals surface area contributed by atoms with Crippen LogP contribution in [0.4, 0.5) is 5.69 Å². The number of aromatic nitrogens is 1. The number of hydrogen-bond acceptors (Lipinski definition) is 3. The number of azo groups is 1. The van der Waals surface area contributed by atoms with Crippen LogP contribution in [0, 0.1) is 0 Å². The Morgan fingerprint density at radius 3 is 3.00 bits per heavy atom. The van der Waals surface area contributed by atoms with Crippen LogP contribution in [0.25, 0.3) is 10.9 Å². The molecule has 0 radical (unpaired) electrons. The van der Waals surface area contributed by atoms with Crippen molar-refractivity contribution in [2.45, 2.75) is 12.8 Å². The topological polar surface area (TPSA) is 37.6 Å². The lowest BCUT2D eigenvalue weighted by Gasteiger charge is -2.05. The van der Waals surface area contributed by atoms with Crippen LogP contribution in [0.1, 0.15) is 12.0 Å². The van der Waals surface area contributed by atoms with Gasteiger partial charge in [-0.25, -0.2) is 0 Å². The molecule has 0 saturated carbocycles. The van der Waals surface area contributed by atoms with Gasteiger partial charge < -0.3 is 0 Å². The van der Waals surface area contributed by atoms with E-state index in [4.69, 9.17) is 0 Å². The molecule has 0 unspecified atom stereocenters. The van der Waals surface area contributed by atoms with Gasteiger partial charge in [-0.1, -0.05) is 6.07 Å². The molecule has 2 heterocycles. The monoisotopic (exact) mass is 207 g/mol. The molecule has 4 rings (SSSR count). The Morgan fingerprint density at radius 2 is 2.00 bits per heavy atom. The lowest BCUT2D eigenvalue weighted by atomic mass is 10.0. The Balaban J connectivity index is 2.05. The largest absolute Gasteiger partial charge is 0.256 e. The summed E-state index contributed by atoms with van der Waals surface area (Å²) in [6.45, 7) is 0. The summed E-state index contributed by atoms with van der Waals surface area (Å²) in [4.78, 5) is 4.33. The molecule has 3 heteroatoms. The maximum atomic E-state index is 4.36. The Morgan fingerprint density at radius 1 is 1.00 bits per heavy atom. The van der Waals surface area contributed by atoms with E-state index in [-0.39, 0.29) is 0 Å². The van der Waals surface area contributed by atoms with Gasteiger partial charge in [-0.15, -0.1) is 5.11 Å². The predicted molar refractivity (Wildman–Crippen MR) is 61.6 cm³/mol. The summed E-state index contributed by atoms with van der Waals surface area (Å²) in [5.41, 5.74) is 5.87. The number of fused-ring (bicyclic) bond motifs is 3. The van der Waals surface area contributed by atoms with Crippen molar-refractivity contribution >= 4 is 16.6 Å². The Kier molecular flexibility index (Phi) is 1.41. The van der Waals surface area contributed by atoms with E-state index in [1.165, 1.54) is 16.8 Å². The zero-order chi connectivity index (χ0) is 10.5. The van der Waals surface area contributed by atoms with E-state index in [0.29, 0.717) is 0 Å². The average Bonchev–Trinajstić information content (AvgIpc) is 3.05. The van der Waals surface area contributed by atoms with E-state index in [1.807, 2.05) is 12.3 Å². The maximum Gasteiger partial charge on any atom is 0.0986 e. The number of hydrogen-bond donors (Lipinski definition) is 0. The van der Waals surface area contributed by atoms with Crippen molar-refractivity contribution in [3.05, 3.63) is 47.3 Å². The molecule has 2 aliphatic rings. The molecular weight excluding hydrogens is 198 g/mol. The summed E-state index contributed by atoms with van der Waals surface area (Å²) in [5, 5.41) is 9.73. The molecule has 1 aliphatic heterocycles. The Labute approximate surface area is 92.5 Å².